The van der Waals surface area contributed by atoms with E-state index in [0.29, 0.717) is 30.3 Å². The van der Waals surface area contributed by atoms with Crippen molar-refractivity contribution in [1.82, 2.24) is 9.88 Å². The molecule has 0 aliphatic carbocycles. The first-order valence-electron chi connectivity index (χ1n) is 6.61. The van der Waals surface area contributed by atoms with Crippen LogP contribution in [0.1, 0.15) is 23.2 Å². The Kier molecular flexibility index (Phi) is 4.37. The van der Waals surface area contributed by atoms with Gasteiger partial charge in [-0.2, -0.15) is 0 Å². The summed E-state index contributed by atoms with van der Waals surface area (Å²) in [6.07, 6.45) is 0.827. The van der Waals surface area contributed by atoms with E-state index < -0.39 is 5.97 Å². The molecule has 1 amide bonds. The van der Waals surface area contributed by atoms with Gasteiger partial charge in [0.25, 0.3) is 5.56 Å². The maximum absolute atomic E-state index is 12.1. The lowest BCUT2D eigenvalue weighted by atomic mass is 10.1. The van der Waals surface area contributed by atoms with Crippen molar-refractivity contribution in [3.8, 4) is 0 Å². The van der Waals surface area contributed by atoms with E-state index in [-0.39, 0.29) is 17.0 Å². The molecule has 1 aromatic heterocycles. The summed E-state index contributed by atoms with van der Waals surface area (Å²) in [5.41, 5.74) is 0.195. The number of carbonyl (C=O) groups excluding carboxylic acids is 1. The highest BCUT2D eigenvalue weighted by molar-refractivity contribution is 6.02. The van der Waals surface area contributed by atoms with E-state index in [2.05, 4.69) is 5.32 Å². The number of para-hydroxylation sites is 1. The lowest BCUT2D eigenvalue weighted by Crippen LogP contribution is -2.23. The summed E-state index contributed by atoms with van der Waals surface area (Å²) in [6, 6.07) is 8.00. The van der Waals surface area contributed by atoms with Crippen LogP contribution in [0.3, 0.4) is 0 Å². The zero-order valence-electron chi connectivity index (χ0n) is 11.6. The van der Waals surface area contributed by atoms with Crippen LogP contribution < -0.4 is 10.9 Å². The molecule has 0 aliphatic heterocycles. The van der Waals surface area contributed by atoms with Crippen molar-refractivity contribution in [3.05, 3.63) is 46.2 Å². The molecule has 21 heavy (non-hydrogen) atoms. The fourth-order valence-electron chi connectivity index (χ4n) is 2.26. The standard InChI is InChI=1S/C15H16N2O4/c1-16-13(18)7-4-8-17-12-6-3-2-5-10(12)11(15(20)21)9-14(17)19/h2-3,5-6,9H,4,7-8H2,1H3,(H,16,18)(H,20,21). The van der Waals surface area contributed by atoms with Gasteiger partial charge in [0, 0.05) is 31.5 Å². The molecular weight excluding hydrogens is 272 g/mol. The molecule has 6 heteroatoms. The number of pyridine rings is 1. The number of fused-ring (bicyclic) bond motifs is 1. The van der Waals surface area contributed by atoms with Crippen molar-refractivity contribution < 1.29 is 14.7 Å². The number of carbonyl (C=O) groups is 2. The second kappa shape index (κ2) is 6.21. The third-order valence-corrected chi connectivity index (χ3v) is 3.31. The fraction of sp³-hybridized carbons (Fsp3) is 0.267. The number of aryl methyl sites for hydroxylation is 1. The third-order valence-electron chi connectivity index (χ3n) is 3.31. The third kappa shape index (κ3) is 3.10. The van der Waals surface area contributed by atoms with Gasteiger partial charge in [0.05, 0.1) is 11.1 Å². The largest absolute Gasteiger partial charge is 0.478 e. The van der Waals surface area contributed by atoms with Crippen LogP contribution in [0.15, 0.2) is 35.1 Å². The minimum absolute atomic E-state index is 0.00171. The smallest absolute Gasteiger partial charge is 0.336 e. The number of amides is 1. The number of nitrogens with one attached hydrogen (secondary N) is 1. The Labute approximate surface area is 121 Å². The van der Waals surface area contributed by atoms with E-state index in [9.17, 15) is 19.5 Å². The topological polar surface area (TPSA) is 88.4 Å². The summed E-state index contributed by atoms with van der Waals surface area (Å²) in [5.74, 6) is -1.21. The first-order chi connectivity index (χ1) is 10.0. The second-order valence-corrected chi connectivity index (χ2v) is 4.65. The Morgan fingerprint density at radius 3 is 2.67 bits per heavy atom. The zero-order valence-corrected chi connectivity index (χ0v) is 11.6. The van der Waals surface area contributed by atoms with Gasteiger partial charge in [-0.3, -0.25) is 9.59 Å². The first kappa shape index (κ1) is 14.8. The maximum atomic E-state index is 12.1. The van der Waals surface area contributed by atoms with Gasteiger partial charge in [0.15, 0.2) is 0 Å². The van der Waals surface area contributed by atoms with E-state index in [1.54, 1.807) is 31.3 Å². The van der Waals surface area contributed by atoms with Crippen LogP contribution in [-0.2, 0) is 11.3 Å². The van der Waals surface area contributed by atoms with E-state index in [1.165, 1.54) is 4.57 Å². The minimum atomic E-state index is -1.12. The van der Waals surface area contributed by atoms with Crippen molar-refractivity contribution in [1.29, 1.82) is 0 Å². The van der Waals surface area contributed by atoms with Gasteiger partial charge < -0.3 is 15.0 Å². The van der Waals surface area contributed by atoms with Gasteiger partial charge in [0.2, 0.25) is 5.91 Å². The van der Waals surface area contributed by atoms with Crippen LogP contribution in [0.4, 0.5) is 0 Å². The summed E-state index contributed by atoms with van der Waals surface area (Å²) >= 11 is 0. The maximum Gasteiger partial charge on any atom is 0.336 e. The molecule has 1 heterocycles. The van der Waals surface area contributed by atoms with Crippen molar-refractivity contribution in [2.45, 2.75) is 19.4 Å². The lowest BCUT2D eigenvalue weighted by Gasteiger charge is -2.11. The molecule has 110 valence electrons. The normalized spacial score (nSPS) is 10.5. The number of nitrogens with zero attached hydrogens (tertiary/aromatic N) is 1. The Morgan fingerprint density at radius 2 is 2.00 bits per heavy atom. The van der Waals surface area contributed by atoms with Gasteiger partial charge in [0.1, 0.15) is 0 Å². The number of benzene rings is 1. The Hall–Kier alpha value is -2.63. The van der Waals surface area contributed by atoms with Gasteiger partial charge in [-0.15, -0.1) is 0 Å². The van der Waals surface area contributed by atoms with Crippen LogP contribution in [0.2, 0.25) is 0 Å². The Balaban J connectivity index is 2.43. The van der Waals surface area contributed by atoms with E-state index in [1.807, 2.05) is 0 Å². The molecule has 6 nitrogen and oxygen atoms in total. The predicted molar refractivity (Wildman–Crippen MR) is 78.5 cm³/mol. The summed E-state index contributed by atoms with van der Waals surface area (Å²) in [5, 5.41) is 12.2. The Morgan fingerprint density at radius 1 is 1.29 bits per heavy atom. The predicted octanol–water partition coefficient (Wildman–Crippen LogP) is 1.23. The molecule has 0 radical (unpaired) electrons. The number of carboxylic acid groups (broad SMARTS) is 1. The van der Waals surface area contributed by atoms with E-state index in [0.717, 1.165) is 6.07 Å². The number of hydrogen-bond acceptors (Lipinski definition) is 3. The molecule has 1 aromatic carbocycles. The molecule has 2 aromatic rings. The van der Waals surface area contributed by atoms with Crippen molar-refractivity contribution in [2.75, 3.05) is 7.05 Å². The molecule has 0 fully saturated rings. The van der Waals surface area contributed by atoms with Crippen molar-refractivity contribution in [3.63, 3.8) is 0 Å². The van der Waals surface area contributed by atoms with Crippen LogP contribution in [0.5, 0.6) is 0 Å². The Bertz CT molecular complexity index is 749. The average molecular weight is 288 g/mol. The SMILES string of the molecule is CNC(=O)CCCn1c(=O)cc(C(=O)O)c2ccccc21. The molecule has 0 bridgehead atoms. The second-order valence-electron chi connectivity index (χ2n) is 4.65. The summed E-state index contributed by atoms with van der Waals surface area (Å²) in [6.45, 7) is 0.368. The van der Waals surface area contributed by atoms with Crippen molar-refractivity contribution in [2.24, 2.45) is 0 Å². The number of aromatic carboxylic acids is 1. The number of hydrogen-bond donors (Lipinski definition) is 2. The van der Waals surface area contributed by atoms with Gasteiger partial charge >= 0.3 is 5.97 Å². The zero-order chi connectivity index (χ0) is 15.4. The molecule has 0 unspecified atom stereocenters. The van der Waals surface area contributed by atoms with Crippen LogP contribution in [-0.4, -0.2) is 28.6 Å². The van der Waals surface area contributed by atoms with Gasteiger partial charge in [-0.05, 0) is 12.5 Å². The molecule has 2 rings (SSSR count). The molecular formula is C15H16N2O4. The van der Waals surface area contributed by atoms with Crippen molar-refractivity contribution >= 4 is 22.8 Å². The molecule has 0 atom stereocenters. The van der Waals surface area contributed by atoms with Gasteiger partial charge in [-0.1, -0.05) is 18.2 Å². The number of aromatic nitrogens is 1. The molecule has 0 saturated heterocycles. The monoisotopic (exact) mass is 288 g/mol. The number of carboxylic acids is 1. The van der Waals surface area contributed by atoms with E-state index in [4.69, 9.17) is 0 Å². The molecule has 2 N–H and O–H groups in total. The van der Waals surface area contributed by atoms with E-state index >= 15 is 0 Å². The number of rotatable bonds is 5. The van der Waals surface area contributed by atoms with Gasteiger partial charge in [-0.25, -0.2) is 4.79 Å². The van der Waals surface area contributed by atoms with Crippen LogP contribution in [0, 0.1) is 0 Å². The van der Waals surface area contributed by atoms with Crippen LogP contribution >= 0.6 is 0 Å². The lowest BCUT2D eigenvalue weighted by molar-refractivity contribution is -0.120. The molecule has 0 aliphatic rings. The fourth-order valence-corrected chi connectivity index (χ4v) is 2.26. The minimum Gasteiger partial charge on any atom is -0.478 e. The molecule has 0 spiro atoms. The quantitative estimate of drug-likeness (QED) is 0.866. The summed E-state index contributed by atoms with van der Waals surface area (Å²) in [4.78, 5) is 34.5. The highest BCUT2D eigenvalue weighted by atomic mass is 16.4. The first-order valence-corrected chi connectivity index (χ1v) is 6.61. The highest BCUT2D eigenvalue weighted by Crippen LogP contribution is 2.17. The molecule has 0 saturated carbocycles. The highest BCUT2D eigenvalue weighted by Gasteiger charge is 2.13. The summed E-state index contributed by atoms with van der Waals surface area (Å²) in [7, 11) is 1.56. The van der Waals surface area contributed by atoms with Crippen LogP contribution in [0.25, 0.3) is 10.9 Å². The summed E-state index contributed by atoms with van der Waals surface area (Å²) < 4.78 is 1.50. The average Bonchev–Trinajstić information content (AvgIpc) is 2.48.